The van der Waals surface area contributed by atoms with Crippen LogP contribution < -0.4 is 5.32 Å². The summed E-state index contributed by atoms with van der Waals surface area (Å²) in [6.07, 6.45) is 0.719. The third-order valence-electron chi connectivity index (χ3n) is 2.90. The second-order valence-corrected chi connectivity index (χ2v) is 6.02. The van der Waals surface area contributed by atoms with Gasteiger partial charge in [0, 0.05) is 17.8 Å². The summed E-state index contributed by atoms with van der Waals surface area (Å²) in [6, 6.07) is 0.293. The van der Waals surface area contributed by atoms with Gasteiger partial charge in [-0.1, -0.05) is 25.9 Å². The van der Waals surface area contributed by atoms with Gasteiger partial charge in [-0.15, -0.1) is 11.3 Å². The zero-order valence-electron chi connectivity index (χ0n) is 11.1. The Morgan fingerprint density at radius 1 is 1.44 bits per heavy atom. The lowest BCUT2D eigenvalue weighted by Crippen LogP contribution is -2.39. The normalized spacial score (nSPS) is 13.8. The minimum absolute atomic E-state index is 0.143. The molecule has 5 nitrogen and oxygen atoms in total. The van der Waals surface area contributed by atoms with E-state index in [1.54, 1.807) is 5.51 Å². The zero-order valence-corrected chi connectivity index (χ0v) is 11.9. The number of rotatable bonds is 4. The molecule has 0 aliphatic rings. The first kappa shape index (κ1) is 13.2. The monoisotopic (exact) mass is 266 g/mol. The van der Waals surface area contributed by atoms with Gasteiger partial charge in [-0.2, -0.15) is 4.98 Å². The van der Waals surface area contributed by atoms with Crippen LogP contribution in [0.25, 0.3) is 11.5 Å². The van der Waals surface area contributed by atoms with Gasteiger partial charge in [0.1, 0.15) is 5.69 Å². The van der Waals surface area contributed by atoms with E-state index in [0.717, 1.165) is 12.1 Å². The average Bonchev–Trinajstić information content (AvgIpc) is 2.94. The first-order chi connectivity index (χ1) is 8.50. The molecule has 2 rings (SSSR count). The number of hydrogen-bond donors (Lipinski definition) is 1. The van der Waals surface area contributed by atoms with Crippen molar-refractivity contribution in [1.29, 1.82) is 0 Å². The molecular weight excluding hydrogens is 248 g/mol. The molecule has 0 spiro atoms. The summed E-state index contributed by atoms with van der Waals surface area (Å²) in [5.74, 6) is 1.21. The van der Waals surface area contributed by atoms with Crippen LogP contribution in [0.15, 0.2) is 15.4 Å². The molecule has 2 aromatic heterocycles. The summed E-state index contributed by atoms with van der Waals surface area (Å²) < 4.78 is 5.28. The van der Waals surface area contributed by atoms with Crippen molar-refractivity contribution in [2.24, 2.45) is 5.41 Å². The lowest BCUT2D eigenvalue weighted by Gasteiger charge is -2.29. The molecule has 6 heteroatoms. The topological polar surface area (TPSA) is 63.8 Å². The molecule has 2 aromatic rings. The van der Waals surface area contributed by atoms with Crippen LogP contribution in [0.3, 0.4) is 0 Å². The Kier molecular flexibility index (Phi) is 3.77. The lowest BCUT2D eigenvalue weighted by molar-refractivity contribution is 0.255. The van der Waals surface area contributed by atoms with Gasteiger partial charge in [-0.25, -0.2) is 4.98 Å². The molecule has 0 radical (unpaired) electrons. The number of nitrogens with one attached hydrogen (secondary N) is 1. The Hall–Kier alpha value is -1.27. The summed E-state index contributed by atoms with van der Waals surface area (Å²) in [5.41, 5.74) is 2.67. The molecule has 0 amide bonds. The molecule has 2 heterocycles. The summed E-state index contributed by atoms with van der Waals surface area (Å²) >= 11 is 1.52. The van der Waals surface area contributed by atoms with Crippen LogP contribution in [-0.4, -0.2) is 28.2 Å². The van der Waals surface area contributed by atoms with Gasteiger partial charge >= 0.3 is 0 Å². The van der Waals surface area contributed by atoms with Crippen molar-refractivity contribution in [3.63, 3.8) is 0 Å². The van der Waals surface area contributed by atoms with Crippen LogP contribution >= 0.6 is 11.3 Å². The highest BCUT2D eigenvalue weighted by atomic mass is 32.1. The molecule has 0 saturated carbocycles. The van der Waals surface area contributed by atoms with Crippen molar-refractivity contribution >= 4 is 11.3 Å². The van der Waals surface area contributed by atoms with E-state index in [0.29, 0.717) is 17.8 Å². The van der Waals surface area contributed by atoms with Crippen LogP contribution in [0.5, 0.6) is 0 Å². The number of likely N-dealkylation sites (N-methyl/N-ethyl adjacent to an activating group) is 1. The van der Waals surface area contributed by atoms with E-state index in [1.165, 1.54) is 11.3 Å². The van der Waals surface area contributed by atoms with Gasteiger partial charge in [0.05, 0.1) is 5.51 Å². The van der Waals surface area contributed by atoms with Crippen molar-refractivity contribution in [1.82, 2.24) is 20.4 Å². The second kappa shape index (κ2) is 5.16. The first-order valence-electron chi connectivity index (χ1n) is 5.89. The Balaban J connectivity index is 2.11. The van der Waals surface area contributed by atoms with Crippen LogP contribution in [-0.2, 0) is 6.42 Å². The summed E-state index contributed by atoms with van der Waals surface area (Å²) in [5, 5.41) is 9.16. The summed E-state index contributed by atoms with van der Waals surface area (Å²) in [4.78, 5) is 8.55. The Morgan fingerprint density at radius 2 is 2.22 bits per heavy atom. The quantitative estimate of drug-likeness (QED) is 0.920. The van der Waals surface area contributed by atoms with E-state index in [4.69, 9.17) is 4.52 Å². The maximum absolute atomic E-state index is 5.28. The molecular formula is C12H18N4OS. The average molecular weight is 266 g/mol. The van der Waals surface area contributed by atoms with Crippen molar-refractivity contribution in [2.75, 3.05) is 7.05 Å². The summed E-state index contributed by atoms with van der Waals surface area (Å²) in [7, 11) is 1.95. The van der Waals surface area contributed by atoms with E-state index >= 15 is 0 Å². The van der Waals surface area contributed by atoms with Crippen molar-refractivity contribution < 1.29 is 4.52 Å². The van der Waals surface area contributed by atoms with Crippen LogP contribution in [0.2, 0.25) is 0 Å². The van der Waals surface area contributed by atoms with E-state index in [1.807, 2.05) is 12.4 Å². The first-order valence-corrected chi connectivity index (χ1v) is 6.83. The third-order valence-corrected chi connectivity index (χ3v) is 3.49. The Morgan fingerprint density at radius 3 is 2.78 bits per heavy atom. The largest absolute Gasteiger partial charge is 0.339 e. The van der Waals surface area contributed by atoms with Gasteiger partial charge in [-0.05, 0) is 12.5 Å². The molecule has 0 aliphatic carbocycles. The highest BCUT2D eigenvalue weighted by Crippen LogP contribution is 2.23. The van der Waals surface area contributed by atoms with E-state index in [9.17, 15) is 0 Å². The second-order valence-electron chi connectivity index (χ2n) is 5.30. The predicted octanol–water partition coefficient (Wildman–Crippen LogP) is 2.37. The highest BCUT2D eigenvalue weighted by Gasteiger charge is 2.25. The number of nitrogens with zero attached hydrogens (tertiary/aromatic N) is 3. The molecule has 0 aliphatic heterocycles. The fourth-order valence-electron chi connectivity index (χ4n) is 1.78. The fourth-order valence-corrected chi connectivity index (χ4v) is 2.31. The third kappa shape index (κ3) is 2.94. The molecule has 98 valence electrons. The minimum Gasteiger partial charge on any atom is -0.339 e. The van der Waals surface area contributed by atoms with Crippen LogP contribution in [0.1, 0.15) is 26.7 Å². The Labute approximate surface area is 111 Å². The molecule has 0 bridgehead atoms. The highest BCUT2D eigenvalue weighted by molar-refractivity contribution is 7.07. The van der Waals surface area contributed by atoms with Crippen LogP contribution in [0.4, 0.5) is 0 Å². The zero-order chi connectivity index (χ0) is 13.2. The van der Waals surface area contributed by atoms with E-state index < -0.39 is 0 Å². The number of hydrogen-bond acceptors (Lipinski definition) is 6. The van der Waals surface area contributed by atoms with Crippen molar-refractivity contribution in [3.8, 4) is 11.5 Å². The predicted molar refractivity (Wildman–Crippen MR) is 71.4 cm³/mol. The number of aromatic nitrogens is 3. The smallest absolute Gasteiger partial charge is 0.228 e. The molecule has 1 N–H and O–H groups in total. The molecule has 1 atom stereocenters. The molecule has 1 unspecified atom stereocenters. The molecule has 0 aromatic carbocycles. The van der Waals surface area contributed by atoms with Crippen molar-refractivity contribution in [3.05, 3.63) is 16.8 Å². The van der Waals surface area contributed by atoms with Gasteiger partial charge in [0.2, 0.25) is 11.7 Å². The SMILES string of the molecule is CNC(Cc1nc(-c2cscn2)no1)C(C)(C)C. The maximum atomic E-state index is 5.28. The van der Waals surface area contributed by atoms with Gasteiger partial charge in [-0.3, -0.25) is 0 Å². The standard InChI is InChI=1S/C12H18N4OS/c1-12(2,3)9(13-4)5-10-15-11(16-17-10)8-6-18-7-14-8/h6-7,9,13H,5H2,1-4H3. The lowest BCUT2D eigenvalue weighted by atomic mass is 9.85. The molecule has 0 fully saturated rings. The van der Waals surface area contributed by atoms with Gasteiger partial charge < -0.3 is 9.84 Å². The van der Waals surface area contributed by atoms with E-state index in [2.05, 4.69) is 41.2 Å². The molecule has 18 heavy (non-hydrogen) atoms. The van der Waals surface area contributed by atoms with E-state index in [-0.39, 0.29) is 5.41 Å². The van der Waals surface area contributed by atoms with Gasteiger partial charge in [0.25, 0.3) is 0 Å². The molecule has 0 saturated heterocycles. The van der Waals surface area contributed by atoms with Crippen molar-refractivity contribution in [2.45, 2.75) is 33.2 Å². The fraction of sp³-hybridized carbons (Fsp3) is 0.583. The maximum Gasteiger partial charge on any atom is 0.228 e. The summed E-state index contributed by atoms with van der Waals surface area (Å²) in [6.45, 7) is 6.56. The van der Waals surface area contributed by atoms with Gasteiger partial charge in [0.15, 0.2) is 0 Å². The Bertz CT molecular complexity index is 486. The van der Waals surface area contributed by atoms with Crippen LogP contribution in [0, 0.1) is 5.41 Å². The number of thiazole rings is 1. The minimum atomic E-state index is 0.143.